The van der Waals surface area contributed by atoms with Crippen LogP contribution in [0.25, 0.3) is 11.1 Å². The number of aldehydes is 1. The van der Waals surface area contributed by atoms with Crippen LogP contribution < -0.4 is 5.43 Å². The molecule has 3 rings (SSSR count). The highest BCUT2D eigenvalue weighted by Crippen LogP contribution is 2.23. The molecular formula is C19H20FNO3. The lowest BCUT2D eigenvalue weighted by Crippen LogP contribution is -2.22. The van der Waals surface area contributed by atoms with E-state index >= 15 is 0 Å². The van der Waals surface area contributed by atoms with Gasteiger partial charge in [-0.25, -0.2) is 4.39 Å². The number of benzene rings is 1. The van der Waals surface area contributed by atoms with E-state index in [-0.39, 0.29) is 16.7 Å². The summed E-state index contributed by atoms with van der Waals surface area (Å²) >= 11 is 0. The number of nitrogens with zero attached hydrogens (tertiary/aromatic N) is 1. The van der Waals surface area contributed by atoms with Gasteiger partial charge in [0.1, 0.15) is 5.82 Å². The van der Waals surface area contributed by atoms with E-state index in [9.17, 15) is 14.0 Å². The van der Waals surface area contributed by atoms with Crippen molar-refractivity contribution < 1.29 is 13.9 Å². The summed E-state index contributed by atoms with van der Waals surface area (Å²) in [6.07, 6.45) is 5.63. The molecule has 0 spiro atoms. The molecule has 126 valence electrons. The largest absolute Gasteiger partial charge is 0.381 e. The van der Waals surface area contributed by atoms with Crippen molar-refractivity contribution in [3.63, 3.8) is 0 Å². The van der Waals surface area contributed by atoms with Crippen LogP contribution in [0, 0.1) is 18.7 Å². The molecule has 1 fully saturated rings. The highest BCUT2D eigenvalue weighted by Gasteiger charge is 2.17. The van der Waals surface area contributed by atoms with Crippen LogP contribution in [0.5, 0.6) is 0 Å². The number of halogens is 1. The summed E-state index contributed by atoms with van der Waals surface area (Å²) in [7, 11) is 0. The second-order valence-corrected chi connectivity index (χ2v) is 6.31. The Balaban J connectivity index is 2.03. The zero-order valence-electron chi connectivity index (χ0n) is 13.6. The van der Waals surface area contributed by atoms with Gasteiger partial charge in [-0.1, -0.05) is 12.1 Å². The lowest BCUT2D eigenvalue weighted by Gasteiger charge is -2.23. The van der Waals surface area contributed by atoms with Gasteiger partial charge in [0, 0.05) is 43.3 Å². The third-order valence-corrected chi connectivity index (χ3v) is 4.46. The number of carbonyl (C=O) groups is 1. The molecule has 5 heteroatoms. The fraction of sp³-hybridized carbons (Fsp3) is 0.368. The van der Waals surface area contributed by atoms with Crippen LogP contribution in [0.15, 0.2) is 35.4 Å². The second kappa shape index (κ2) is 7.09. The van der Waals surface area contributed by atoms with E-state index < -0.39 is 11.2 Å². The van der Waals surface area contributed by atoms with Gasteiger partial charge in [-0.15, -0.1) is 0 Å². The summed E-state index contributed by atoms with van der Waals surface area (Å²) in [5.41, 5.74) is 0.861. The van der Waals surface area contributed by atoms with Crippen LogP contribution in [0.3, 0.4) is 0 Å². The van der Waals surface area contributed by atoms with E-state index in [2.05, 4.69) is 0 Å². The van der Waals surface area contributed by atoms with Gasteiger partial charge in [0.05, 0.1) is 5.56 Å². The summed E-state index contributed by atoms with van der Waals surface area (Å²) < 4.78 is 21.5. The molecule has 24 heavy (non-hydrogen) atoms. The molecule has 0 atom stereocenters. The van der Waals surface area contributed by atoms with Crippen molar-refractivity contribution in [1.82, 2.24) is 4.57 Å². The Morgan fingerprint density at radius 2 is 2.00 bits per heavy atom. The van der Waals surface area contributed by atoms with Crippen LogP contribution in [0.1, 0.15) is 28.8 Å². The number of rotatable bonds is 4. The summed E-state index contributed by atoms with van der Waals surface area (Å²) in [6.45, 7) is 3.93. The van der Waals surface area contributed by atoms with Crippen LogP contribution in [0.4, 0.5) is 4.39 Å². The number of aryl methyl sites for hydroxylation is 1. The first kappa shape index (κ1) is 16.6. The molecule has 0 amide bonds. The number of hydrogen-bond acceptors (Lipinski definition) is 3. The number of ether oxygens (including phenoxy) is 1. The highest BCUT2D eigenvalue weighted by molar-refractivity contribution is 5.78. The fourth-order valence-electron chi connectivity index (χ4n) is 3.10. The molecule has 1 aromatic carbocycles. The molecular weight excluding hydrogens is 309 g/mol. The maximum Gasteiger partial charge on any atom is 0.199 e. The number of aromatic nitrogens is 1. The molecule has 4 nitrogen and oxygen atoms in total. The van der Waals surface area contributed by atoms with Gasteiger partial charge in [0.25, 0.3) is 0 Å². The molecule has 1 saturated heterocycles. The third kappa shape index (κ3) is 3.46. The SMILES string of the molecule is Cc1ccc(-c2cn(CC3CCOCC3)cc(C=O)c2=O)c(F)c1. The maximum absolute atomic E-state index is 14.3. The van der Waals surface area contributed by atoms with E-state index in [1.54, 1.807) is 31.5 Å². The topological polar surface area (TPSA) is 48.3 Å². The molecule has 0 radical (unpaired) electrons. The van der Waals surface area contributed by atoms with Crippen LogP contribution >= 0.6 is 0 Å². The van der Waals surface area contributed by atoms with Crippen LogP contribution in [-0.2, 0) is 11.3 Å². The molecule has 0 N–H and O–H groups in total. The Morgan fingerprint density at radius 1 is 1.25 bits per heavy atom. The molecule has 1 aromatic heterocycles. The summed E-state index contributed by atoms with van der Waals surface area (Å²) in [5, 5.41) is 0. The van der Waals surface area contributed by atoms with Gasteiger partial charge >= 0.3 is 0 Å². The Labute approximate surface area is 139 Å². The van der Waals surface area contributed by atoms with E-state index in [0.717, 1.165) is 31.6 Å². The predicted octanol–water partition coefficient (Wildman–Crippen LogP) is 3.20. The Bertz CT molecular complexity index is 807. The molecule has 2 aromatic rings. The van der Waals surface area contributed by atoms with Crippen LogP contribution in [0.2, 0.25) is 0 Å². The molecule has 1 aliphatic rings. The molecule has 1 aliphatic heterocycles. The average Bonchev–Trinajstić information content (AvgIpc) is 2.57. The molecule has 0 aliphatic carbocycles. The molecule has 0 bridgehead atoms. The molecule has 0 unspecified atom stereocenters. The van der Waals surface area contributed by atoms with Crippen molar-refractivity contribution >= 4 is 6.29 Å². The Morgan fingerprint density at radius 3 is 2.67 bits per heavy atom. The summed E-state index contributed by atoms with van der Waals surface area (Å²) in [4.78, 5) is 23.7. The average molecular weight is 329 g/mol. The summed E-state index contributed by atoms with van der Waals surface area (Å²) in [5.74, 6) is -0.0239. The van der Waals surface area contributed by atoms with Gasteiger partial charge in [-0.05, 0) is 37.3 Å². The minimum Gasteiger partial charge on any atom is -0.381 e. The highest BCUT2D eigenvalue weighted by atomic mass is 19.1. The van der Waals surface area contributed by atoms with Gasteiger partial charge in [-0.2, -0.15) is 0 Å². The van der Waals surface area contributed by atoms with Crippen molar-refractivity contribution in [2.45, 2.75) is 26.3 Å². The second-order valence-electron chi connectivity index (χ2n) is 6.31. The normalized spacial score (nSPS) is 15.4. The monoisotopic (exact) mass is 329 g/mol. The predicted molar refractivity (Wildman–Crippen MR) is 89.8 cm³/mol. The van der Waals surface area contributed by atoms with Crippen molar-refractivity contribution in [2.75, 3.05) is 13.2 Å². The minimum atomic E-state index is -0.451. The van der Waals surface area contributed by atoms with Crippen molar-refractivity contribution in [2.24, 2.45) is 5.92 Å². The Kier molecular flexibility index (Phi) is 4.90. The van der Waals surface area contributed by atoms with Gasteiger partial charge in [0.2, 0.25) is 0 Å². The fourth-order valence-corrected chi connectivity index (χ4v) is 3.10. The molecule has 2 heterocycles. The van der Waals surface area contributed by atoms with Crippen LogP contribution in [-0.4, -0.2) is 24.1 Å². The van der Waals surface area contributed by atoms with E-state index in [1.807, 2.05) is 4.57 Å². The zero-order chi connectivity index (χ0) is 17.1. The zero-order valence-corrected chi connectivity index (χ0v) is 13.6. The number of pyridine rings is 1. The summed E-state index contributed by atoms with van der Waals surface area (Å²) in [6, 6.07) is 4.74. The van der Waals surface area contributed by atoms with Crippen molar-refractivity contribution in [1.29, 1.82) is 0 Å². The first-order chi connectivity index (χ1) is 11.6. The molecule has 0 saturated carbocycles. The standard InChI is InChI=1S/C19H20FNO3/c1-13-2-3-16(18(20)8-13)17-11-21(10-15(12-22)19(17)23)9-14-4-6-24-7-5-14/h2-3,8,10-12,14H,4-7,9H2,1H3. The Hall–Kier alpha value is -2.27. The van der Waals surface area contributed by atoms with E-state index in [1.165, 1.54) is 6.07 Å². The number of carbonyl (C=O) groups excluding carboxylic acids is 1. The smallest absolute Gasteiger partial charge is 0.199 e. The number of hydrogen-bond donors (Lipinski definition) is 0. The van der Waals surface area contributed by atoms with Crippen molar-refractivity contribution in [3.8, 4) is 11.1 Å². The van der Waals surface area contributed by atoms with Crippen molar-refractivity contribution in [3.05, 3.63) is 57.8 Å². The lowest BCUT2D eigenvalue weighted by molar-refractivity contribution is 0.0612. The maximum atomic E-state index is 14.3. The quantitative estimate of drug-likeness (QED) is 0.809. The van der Waals surface area contributed by atoms with Gasteiger partial charge < -0.3 is 9.30 Å². The lowest BCUT2D eigenvalue weighted by atomic mass is 9.99. The first-order valence-electron chi connectivity index (χ1n) is 8.12. The van der Waals surface area contributed by atoms with E-state index in [0.29, 0.717) is 18.7 Å². The van der Waals surface area contributed by atoms with Gasteiger partial charge in [0.15, 0.2) is 11.7 Å². The first-order valence-corrected chi connectivity index (χ1v) is 8.12. The third-order valence-electron chi connectivity index (χ3n) is 4.46. The van der Waals surface area contributed by atoms with E-state index in [4.69, 9.17) is 4.74 Å². The minimum absolute atomic E-state index is 0.0551. The van der Waals surface area contributed by atoms with Gasteiger partial charge in [-0.3, -0.25) is 9.59 Å².